The van der Waals surface area contributed by atoms with Crippen molar-refractivity contribution >= 4 is 29.3 Å². The smallest absolute Gasteiger partial charge is 0.254 e. The zero-order valence-electron chi connectivity index (χ0n) is 21.2. The van der Waals surface area contributed by atoms with Crippen LogP contribution in [-0.2, 0) is 9.59 Å². The predicted molar refractivity (Wildman–Crippen MR) is 147 cm³/mol. The standard InChI is InChI=1S/C29H32N4O3S/c1-19-26(28(35)33-23-15-9-10-16-24(23)36-2)27(20-11-5-3-6-12-20)22(17-30)29(31-19)37-18-25(34)32-21-13-7-4-8-14-21/h3,5-6,9-12,15-16,21,27,31H,4,7-8,13-14,18H2,1-2H3,(H,32,34)(H,33,35)/t27-/m1/s1. The summed E-state index contributed by atoms with van der Waals surface area (Å²) >= 11 is 1.30. The van der Waals surface area contributed by atoms with Crippen LogP contribution in [0.2, 0.25) is 0 Å². The zero-order chi connectivity index (χ0) is 26.2. The van der Waals surface area contributed by atoms with E-state index in [1.807, 2.05) is 49.4 Å². The van der Waals surface area contributed by atoms with Gasteiger partial charge < -0.3 is 20.7 Å². The summed E-state index contributed by atoms with van der Waals surface area (Å²) < 4.78 is 5.39. The Bertz CT molecular complexity index is 1240. The van der Waals surface area contributed by atoms with Crippen molar-refractivity contribution in [1.82, 2.24) is 10.6 Å². The molecule has 1 fully saturated rings. The molecule has 2 aliphatic rings. The molecule has 0 unspecified atom stereocenters. The summed E-state index contributed by atoms with van der Waals surface area (Å²) in [7, 11) is 1.55. The van der Waals surface area contributed by atoms with Crippen molar-refractivity contribution in [3.63, 3.8) is 0 Å². The van der Waals surface area contributed by atoms with Gasteiger partial charge in [-0.25, -0.2) is 0 Å². The second-order valence-electron chi connectivity index (χ2n) is 9.21. The Morgan fingerprint density at radius 2 is 1.78 bits per heavy atom. The van der Waals surface area contributed by atoms with Crippen molar-refractivity contribution in [1.29, 1.82) is 5.26 Å². The highest BCUT2D eigenvalue weighted by atomic mass is 32.2. The van der Waals surface area contributed by atoms with Crippen LogP contribution in [0.3, 0.4) is 0 Å². The lowest BCUT2D eigenvalue weighted by Gasteiger charge is -2.30. The number of anilines is 1. The van der Waals surface area contributed by atoms with Crippen molar-refractivity contribution in [2.45, 2.75) is 51.0 Å². The van der Waals surface area contributed by atoms with E-state index in [4.69, 9.17) is 4.74 Å². The number of benzene rings is 2. The molecule has 2 amide bonds. The van der Waals surface area contributed by atoms with Gasteiger partial charge in [0.2, 0.25) is 5.91 Å². The summed E-state index contributed by atoms with van der Waals surface area (Å²) in [6, 6.07) is 19.3. The quantitative estimate of drug-likeness (QED) is 0.445. The molecule has 192 valence electrons. The lowest BCUT2D eigenvalue weighted by atomic mass is 9.82. The molecule has 2 aromatic carbocycles. The van der Waals surface area contributed by atoms with E-state index >= 15 is 0 Å². The molecule has 1 aliphatic heterocycles. The Balaban J connectivity index is 1.60. The Hall–Kier alpha value is -3.70. The van der Waals surface area contributed by atoms with Crippen LogP contribution in [0.4, 0.5) is 5.69 Å². The van der Waals surface area contributed by atoms with E-state index in [9.17, 15) is 14.9 Å². The first-order valence-electron chi connectivity index (χ1n) is 12.5. The molecule has 3 N–H and O–H groups in total. The topological polar surface area (TPSA) is 103 Å². The minimum atomic E-state index is -0.578. The van der Waals surface area contributed by atoms with E-state index in [0.717, 1.165) is 31.2 Å². The Morgan fingerprint density at radius 1 is 1.08 bits per heavy atom. The molecule has 4 rings (SSSR count). The highest BCUT2D eigenvalue weighted by Gasteiger charge is 2.35. The lowest BCUT2D eigenvalue weighted by Crippen LogP contribution is -2.37. The minimum Gasteiger partial charge on any atom is -0.495 e. The summed E-state index contributed by atoms with van der Waals surface area (Å²) in [6.07, 6.45) is 5.55. The summed E-state index contributed by atoms with van der Waals surface area (Å²) in [6.45, 7) is 1.82. The first-order chi connectivity index (χ1) is 18.0. The number of methoxy groups -OCH3 is 1. The van der Waals surface area contributed by atoms with Gasteiger partial charge in [-0.2, -0.15) is 5.26 Å². The summed E-state index contributed by atoms with van der Waals surface area (Å²) in [5.41, 5.74) is 2.87. The van der Waals surface area contributed by atoms with Crippen LogP contribution in [0.5, 0.6) is 5.75 Å². The van der Waals surface area contributed by atoms with Crippen LogP contribution in [0.1, 0.15) is 50.5 Å². The first-order valence-corrected chi connectivity index (χ1v) is 13.5. The highest BCUT2D eigenvalue weighted by molar-refractivity contribution is 8.03. The summed E-state index contributed by atoms with van der Waals surface area (Å²) in [4.78, 5) is 26.3. The molecule has 2 aromatic rings. The van der Waals surface area contributed by atoms with Crippen molar-refractivity contribution in [2.75, 3.05) is 18.2 Å². The molecule has 8 heteroatoms. The Labute approximate surface area is 222 Å². The maximum atomic E-state index is 13.6. The molecule has 7 nitrogen and oxygen atoms in total. The molecular formula is C29H32N4O3S. The van der Waals surface area contributed by atoms with Gasteiger partial charge >= 0.3 is 0 Å². The third-order valence-corrected chi connectivity index (χ3v) is 7.72. The number of nitriles is 1. The molecule has 1 heterocycles. The van der Waals surface area contributed by atoms with Crippen LogP contribution in [0.25, 0.3) is 0 Å². The minimum absolute atomic E-state index is 0.0407. The molecule has 1 atom stereocenters. The normalized spacial score (nSPS) is 18.0. The van der Waals surface area contributed by atoms with Crippen LogP contribution in [-0.4, -0.2) is 30.7 Å². The van der Waals surface area contributed by atoms with Gasteiger partial charge in [-0.15, -0.1) is 0 Å². The summed E-state index contributed by atoms with van der Waals surface area (Å²) in [5, 5.41) is 20.2. The maximum Gasteiger partial charge on any atom is 0.254 e. The number of rotatable bonds is 8. The number of thioether (sulfide) groups is 1. The van der Waals surface area contributed by atoms with E-state index in [1.54, 1.807) is 19.2 Å². The van der Waals surface area contributed by atoms with Crippen LogP contribution in [0, 0.1) is 11.3 Å². The highest BCUT2D eigenvalue weighted by Crippen LogP contribution is 2.41. The fraction of sp³-hybridized carbons (Fsp3) is 0.345. The third kappa shape index (κ3) is 6.36. The lowest BCUT2D eigenvalue weighted by molar-refractivity contribution is -0.119. The number of hydrogen-bond acceptors (Lipinski definition) is 6. The van der Waals surface area contributed by atoms with Gasteiger partial charge in [0.1, 0.15) is 5.75 Å². The number of nitrogens with zero attached hydrogens (tertiary/aromatic N) is 1. The van der Waals surface area contributed by atoms with Crippen molar-refractivity contribution in [3.8, 4) is 11.8 Å². The number of para-hydroxylation sites is 2. The number of dihydropyridines is 1. The van der Waals surface area contributed by atoms with Crippen molar-refractivity contribution in [2.24, 2.45) is 0 Å². The van der Waals surface area contributed by atoms with Crippen molar-refractivity contribution < 1.29 is 14.3 Å². The van der Waals surface area contributed by atoms with Gasteiger partial charge in [0.05, 0.1) is 41.1 Å². The van der Waals surface area contributed by atoms with Gasteiger partial charge in [0.25, 0.3) is 5.91 Å². The van der Waals surface area contributed by atoms with E-state index in [1.165, 1.54) is 18.2 Å². The molecule has 0 spiro atoms. The van der Waals surface area contributed by atoms with Gasteiger partial charge in [-0.1, -0.05) is 73.5 Å². The fourth-order valence-electron chi connectivity index (χ4n) is 4.90. The first kappa shape index (κ1) is 26.4. The van der Waals surface area contributed by atoms with Gasteiger partial charge in [-0.05, 0) is 37.5 Å². The number of carbonyl (C=O) groups is 2. The Morgan fingerprint density at radius 3 is 2.49 bits per heavy atom. The predicted octanol–water partition coefficient (Wildman–Crippen LogP) is 5.21. The van der Waals surface area contributed by atoms with E-state index in [-0.39, 0.29) is 23.6 Å². The molecule has 0 radical (unpaired) electrons. The van der Waals surface area contributed by atoms with Crippen LogP contribution < -0.4 is 20.7 Å². The molecule has 0 saturated heterocycles. The van der Waals surface area contributed by atoms with Crippen molar-refractivity contribution in [3.05, 3.63) is 82.0 Å². The number of allylic oxidation sites excluding steroid dienone is 2. The molecule has 0 bridgehead atoms. The van der Waals surface area contributed by atoms with E-state index in [2.05, 4.69) is 22.0 Å². The second kappa shape index (κ2) is 12.5. The number of amides is 2. The fourth-order valence-corrected chi connectivity index (χ4v) is 5.80. The molecule has 37 heavy (non-hydrogen) atoms. The monoisotopic (exact) mass is 516 g/mol. The van der Waals surface area contributed by atoms with E-state index in [0.29, 0.717) is 33.3 Å². The molecule has 0 aromatic heterocycles. The van der Waals surface area contributed by atoms with Gasteiger partial charge in [0.15, 0.2) is 0 Å². The van der Waals surface area contributed by atoms with Gasteiger partial charge in [-0.3, -0.25) is 9.59 Å². The zero-order valence-corrected chi connectivity index (χ0v) is 22.0. The number of carbonyl (C=O) groups excluding carboxylic acids is 2. The second-order valence-corrected chi connectivity index (χ2v) is 10.2. The number of hydrogen-bond donors (Lipinski definition) is 3. The molecule has 1 saturated carbocycles. The Kier molecular flexibility index (Phi) is 8.91. The third-order valence-electron chi connectivity index (χ3n) is 6.70. The number of ether oxygens (including phenoxy) is 1. The van der Waals surface area contributed by atoms with E-state index < -0.39 is 5.92 Å². The maximum absolute atomic E-state index is 13.6. The van der Waals surface area contributed by atoms with Crippen LogP contribution in [0.15, 0.2) is 76.5 Å². The van der Waals surface area contributed by atoms with Gasteiger partial charge in [0, 0.05) is 17.3 Å². The summed E-state index contributed by atoms with van der Waals surface area (Å²) in [5.74, 6) is -0.200. The largest absolute Gasteiger partial charge is 0.495 e. The SMILES string of the molecule is COc1ccccc1NC(=O)C1=C(C)NC(SCC(=O)NC2CCCCC2)=C(C#N)[C@H]1c1ccccc1. The number of nitrogens with one attached hydrogen (secondary N) is 3. The average Bonchev–Trinajstić information content (AvgIpc) is 2.92. The molecular weight excluding hydrogens is 484 g/mol. The average molecular weight is 517 g/mol. The van der Waals surface area contributed by atoms with Crippen LogP contribution >= 0.6 is 11.8 Å². The molecule has 1 aliphatic carbocycles.